The minimum absolute atomic E-state index is 0.0711. The van der Waals surface area contributed by atoms with Crippen molar-refractivity contribution in [1.29, 1.82) is 0 Å². The first-order chi connectivity index (χ1) is 13.2. The number of rotatable bonds is 3. The standard InChI is InChI=1S/C22H19N3O2/c26-21-15-25(12-11-23-21)22(27)20-13-18(16-7-3-1-4-8-16)19(14-24-20)17-9-5-2-6-10-17/h1-10,13-14H,11-12,15H2,(H,23,26). The van der Waals surface area contributed by atoms with Crippen LogP contribution in [0.3, 0.4) is 0 Å². The van der Waals surface area contributed by atoms with E-state index in [1.54, 1.807) is 6.20 Å². The first kappa shape index (κ1) is 17.0. The monoisotopic (exact) mass is 357 g/mol. The number of carbonyl (C=O) groups is 2. The largest absolute Gasteiger partial charge is 0.353 e. The van der Waals surface area contributed by atoms with Gasteiger partial charge in [0, 0.05) is 24.8 Å². The molecule has 2 heterocycles. The zero-order valence-corrected chi connectivity index (χ0v) is 14.8. The Hall–Kier alpha value is -3.47. The molecule has 3 aromatic rings. The number of benzene rings is 2. The molecule has 1 N–H and O–H groups in total. The Morgan fingerprint density at radius 1 is 0.926 bits per heavy atom. The van der Waals surface area contributed by atoms with Crippen LogP contribution in [-0.4, -0.2) is 41.3 Å². The van der Waals surface area contributed by atoms with Crippen LogP contribution in [-0.2, 0) is 4.79 Å². The van der Waals surface area contributed by atoms with Crippen molar-refractivity contribution in [2.45, 2.75) is 0 Å². The fraction of sp³-hybridized carbons (Fsp3) is 0.136. The van der Waals surface area contributed by atoms with Crippen LogP contribution in [0.15, 0.2) is 72.9 Å². The van der Waals surface area contributed by atoms with E-state index in [-0.39, 0.29) is 18.4 Å². The summed E-state index contributed by atoms with van der Waals surface area (Å²) in [4.78, 5) is 30.4. The van der Waals surface area contributed by atoms with Crippen molar-refractivity contribution in [3.63, 3.8) is 0 Å². The molecule has 0 atom stereocenters. The third-order valence-corrected chi connectivity index (χ3v) is 4.62. The average Bonchev–Trinajstić information content (AvgIpc) is 2.74. The predicted molar refractivity (Wildman–Crippen MR) is 104 cm³/mol. The highest BCUT2D eigenvalue weighted by Crippen LogP contribution is 2.32. The minimum atomic E-state index is -0.221. The summed E-state index contributed by atoms with van der Waals surface area (Å²) in [7, 11) is 0. The zero-order chi connectivity index (χ0) is 18.6. The topological polar surface area (TPSA) is 62.3 Å². The summed E-state index contributed by atoms with van der Waals surface area (Å²) in [5, 5.41) is 2.73. The van der Waals surface area contributed by atoms with Gasteiger partial charge in [-0.1, -0.05) is 60.7 Å². The molecule has 0 unspecified atom stereocenters. The summed E-state index contributed by atoms with van der Waals surface area (Å²) < 4.78 is 0. The Morgan fingerprint density at radius 3 is 2.19 bits per heavy atom. The second kappa shape index (κ2) is 7.41. The summed E-state index contributed by atoms with van der Waals surface area (Å²) in [5.74, 6) is -0.361. The van der Waals surface area contributed by atoms with E-state index in [1.807, 2.05) is 66.7 Å². The lowest BCUT2D eigenvalue weighted by Gasteiger charge is -2.26. The molecule has 0 spiro atoms. The van der Waals surface area contributed by atoms with Gasteiger partial charge < -0.3 is 10.2 Å². The van der Waals surface area contributed by atoms with Crippen molar-refractivity contribution >= 4 is 11.8 Å². The van der Waals surface area contributed by atoms with Crippen LogP contribution >= 0.6 is 0 Å². The molecule has 5 nitrogen and oxygen atoms in total. The molecule has 1 saturated heterocycles. The molecule has 0 radical (unpaired) electrons. The van der Waals surface area contributed by atoms with Crippen molar-refractivity contribution < 1.29 is 9.59 Å². The average molecular weight is 357 g/mol. The molecular formula is C22H19N3O2. The van der Waals surface area contributed by atoms with E-state index in [1.165, 1.54) is 4.90 Å². The lowest BCUT2D eigenvalue weighted by molar-refractivity contribution is -0.123. The molecule has 134 valence electrons. The summed E-state index contributed by atoms with van der Waals surface area (Å²) in [6, 6.07) is 21.8. The molecular weight excluding hydrogens is 338 g/mol. The van der Waals surface area contributed by atoms with Crippen LogP contribution in [0.5, 0.6) is 0 Å². The fourth-order valence-electron chi connectivity index (χ4n) is 3.25. The van der Waals surface area contributed by atoms with Gasteiger partial charge in [-0.3, -0.25) is 14.6 Å². The van der Waals surface area contributed by atoms with Gasteiger partial charge in [-0.05, 0) is 22.8 Å². The van der Waals surface area contributed by atoms with Crippen LogP contribution in [0.25, 0.3) is 22.3 Å². The molecule has 0 bridgehead atoms. The van der Waals surface area contributed by atoms with Gasteiger partial charge >= 0.3 is 0 Å². The highest BCUT2D eigenvalue weighted by Gasteiger charge is 2.24. The molecule has 2 aromatic carbocycles. The van der Waals surface area contributed by atoms with Gasteiger partial charge in [0.05, 0.1) is 6.54 Å². The van der Waals surface area contributed by atoms with E-state index < -0.39 is 0 Å². The number of pyridine rings is 1. The molecule has 1 aliphatic heterocycles. The molecule has 27 heavy (non-hydrogen) atoms. The van der Waals surface area contributed by atoms with E-state index in [0.717, 1.165) is 22.3 Å². The lowest BCUT2D eigenvalue weighted by Crippen LogP contribution is -2.50. The fourth-order valence-corrected chi connectivity index (χ4v) is 3.25. The summed E-state index contributed by atoms with van der Waals surface area (Å²) in [5.41, 5.74) is 4.32. The summed E-state index contributed by atoms with van der Waals surface area (Å²) in [6.45, 7) is 1.03. The first-order valence-electron chi connectivity index (χ1n) is 8.89. The number of nitrogens with one attached hydrogen (secondary N) is 1. The van der Waals surface area contributed by atoms with Crippen molar-refractivity contribution in [2.24, 2.45) is 0 Å². The van der Waals surface area contributed by atoms with E-state index in [9.17, 15) is 9.59 Å². The quantitative estimate of drug-likeness (QED) is 0.784. The molecule has 1 aromatic heterocycles. The number of carbonyl (C=O) groups excluding carboxylic acids is 2. The van der Waals surface area contributed by atoms with E-state index in [2.05, 4.69) is 10.3 Å². The maximum Gasteiger partial charge on any atom is 0.272 e. The third kappa shape index (κ3) is 3.58. The second-order valence-corrected chi connectivity index (χ2v) is 6.42. The SMILES string of the molecule is O=C1CN(C(=O)c2cc(-c3ccccc3)c(-c3ccccc3)cn2)CCN1. The van der Waals surface area contributed by atoms with E-state index in [0.29, 0.717) is 18.8 Å². The van der Waals surface area contributed by atoms with Crippen LogP contribution < -0.4 is 5.32 Å². The number of hydrogen-bond donors (Lipinski definition) is 1. The minimum Gasteiger partial charge on any atom is -0.353 e. The third-order valence-electron chi connectivity index (χ3n) is 4.62. The van der Waals surface area contributed by atoms with Gasteiger partial charge in [-0.25, -0.2) is 0 Å². The molecule has 0 saturated carbocycles. The number of hydrogen-bond acceptors (Lipinski definition) is 3. The van der Waals surface area contributed by atoms with Gasteiger partial charge in [0.2, 0.25) is 5.91 Å². The number of aromatic nitrogens is 1. The van der Waals surface area contributed by atoms with Crippen molar-refractivity contribution in [1.82, 2.24) is 15.2 Å². The van der Waals surface area contributed by atoms with Crippen LogP contribution in [0.4, 0.5) is 0 Å². The van der Waals surface area contributed by atoms with Crippen LogP contribution in [0.2, 0.25) is 0 Å². The molecule has 4 rings (SSSR count). The second-order valence-electron chi connectivity index (χ2n) is 6.42. The van der Waals surface area contributed by atoms with Crippen molar-refractivity contribution in [3.8, 4) is 22.3 Å². The molecule has 5 heteroatoms. The Morgan fingerprint density at radius 2 is 1.56 bits per heavy atom. The first-order valence-corrected chi connectivity index (χ1v) is 8.89. The van der Waals surface area contributed by atoms with E-state index >= 15 is 0 Å². The van der Waals surface area contributed by atoms with Gasteiger partial charge in [-0.15, -0.1) is 0 Å². The Kier molecular flexibility index (Phi) is 4.66. The summed E-state index contributed by atoms with van der Waals surface area (Å²) >= 11 is 0. The Labute approximate surface area is 157 Å². The smallest absolute Gasteiger partial charge is 0.272 e. The lowest BCUT2D eigenvalue weighted by atomic mass is 9.95. The number of amides is 2. The van der Waals surface area contributed by atoms with Gasteiger partial charge in [0.1, 0.15) is 5.69 Å². The van der Waals surface area contributed by atoms with Gasteiger partial charge in [0.25, 0.3) is 5.91 Å². The predicted octanol–water partition coefficient (Wildman–Crippen LogP) is 2.99. The van der Waals surface area contributed by atoms with E-state index in [4.69, 9.17) is 0 Å². The molecule has 1 aliphatic rings. The van der Waals surface area contributed by atoms with Gasteiger partial charge in [-0.2, -0.15) is 0 Å². The maximum absolute atomic E-state index is 12.9. The number of nitrogens with zero attached hydrogens (tertiary/aromatic N) is 2. The van der Waals surface area contributed by atoms with Crippen molar-refractivity contribution in [3.05, 3.63) is 78.6 Å². The molecule has 0 aliphatic carbocycles. The van der Waals surface area contributed by atoms with Crippen LogP contribution in [0.1, 0.15) is 10.5 Å². The van der Waals surface area contributed by atoms with Crippen molar-refractivity contribution in [2.75, 3.05) is 19.6 Å². The highest BCUT2D eigenvalue weighted by atomic mass is 16.2. The molecule has 1 fully saturated rings. The zero-order valence-electron chi connectivity index (χ0n) is 14.8. The highest BCUT2D eigenvalue weighted by molar-refractivity contribution is 5.98. The molecule has 2 amide bonds. The number of piperazine rings is 1. The Balaban J connectivity index is 1.77. The normalized spacial score (nSPS) is 13.9. The Bertz CT molecular complexity index is 971. The summed E-state index contributed by atoms with van der Waals surface area (Å²) in [6.07, 6.45) is 1.74. The van der Waals surface area contributed by atoms with Crippen LogP contribution in [0, 0.1) is 0 Å². The van der Waals surface area contributed by atoms with Gasteiger partial charge in [0.15, 0.2) is 0 Å². The maximum atomic E-state index is 12.9.